The van der Waals surface area contributed by atoms with Gasteiger partial charge >= 0.3 is 0 Å². The number of nitrogens with zero attached hydrogens (tertiary/aromatic N) is 3. The molecule has 274 valence electrons. The molecule has 3 aromatic rings. The van der Waals surface area contributed by atoms with Crippen molar-refractivity contribution in [1.29, 1.82) is 5.26 Å². The maximum Gasteiger partial charge on any atom is 0.254 e. The van der Waals surface area contributed by atoms with Crippen molar-refractivity contribution in [2.75, 3.05) is 19.0 Å². The fraction of sp³-hybridized carbons (Fsp3) is 0.432. The second kappa shape index (κ2) is 14.0. The van der Waals surface area contributed by atoms with Crippen LogP contribution in [0.5, 0.6) is 11.6 Å². The minimum Gasteiger partial charge on any atom is -0.494 e. The summed E-state index contributed by atoms with van der Waals surface area (Å²) in [6.07, 6.45) is 3.56. The van der Waals surface area contributed by atoms with Gasteiger partial charge in [0.1, 0.15) is 23.4 Å². The van der Waals surface area contributed by atoms with E-state index in [-0.39, 0.29) is 25.3 Å². The van der Waals surface area contributed by atoms with E-state index in [1.807, 2.05) is 20.8 Å². The molecule has 2 aromatic carbocycles. The standard InChI is InChI=1S/C37H41ClN6O7S/c1-6-22-17-37(22,35(47)43-52(48,49)26-11-12-26)44-20-25(51-34-28-15-23(38)10-13-27(28)30(50-5)19-40-34)16-29(44)32(45)42-33(46)31(36(2,3)4)41-24-9-7-8-21(14-24)18-39/h6-10,13-15,19,22,25-26,29,31,41H,1,11-12,16-17,20H2,2-5H3,(H,43,47)(H,42,45,46)/t22-,25-,29+,31+,37-/m1/s1. The molecular formula is C37H41ClN6O7S. The number of carbonyl (C=O) groups is 3. The number of ether oxygens (including phenoxy) is 2. The zero-order chi connectivity index (χ0) is 37.6. The van der Waals surface area contributed by atoms with Gasteiger partial charge in [-0.25, -0.2) is 13.4 Å². The molecule has 3 aliphatic rings. The van der Waals surface area contributed by atoms with E-state index >= 15 is 0 Å². The molecule has 15 heteroatoms. The predicted molar refractivity (Wildman–Crippen MR) is 195 cm³/mol. The second-order valence-electron chi connectivity index (χ2n) is 14.6. The van der Waals surface area contributed by atoms with Gasteiger partial charge in [-0.2, -0.15) is 5.26 Å². The second-order valence-corrected chi connectivity index (χ2v) is 17.0. The Morgan fingerprint density at radius 3 is 2.56 bits per heavy atom. The van der Waals surface area contributed by atoms with Gasteiger partial charge in [-0.1, -0.05) is 44.5 Å². The molecule has 1 saturated heterocycles. The number of halogens is 1. The molecule has 1 aromatic heterocycles. The number of hydrogen-bond acceptors (Lipinski definition) is 11. The highest BCUT2D eigenvalue weighted by Crippen LogP contribution is 2.53. The average molecular weight is 749 g/mol. The number of hydrogen-bond donors (Lipinski definition) is 3. The summed E-state index contributed by atoms with van der Waals surface area (Å²) in [5.74, 6) is -1.79. The predicted octanol–water partition coefficient (Wildman–Crippen LogP) is 4.31. The maximum absolute atomic E-state index is 14.3. The summed E-state index contributed by atoms with van der Waals surface area (Å²) < 4.78 is 40.1. The molecule has 3 N–H and O–H groups in total. The van der Waals surface area contributed by atoms with Crippen molar-refractivity contribution in [2.24, 2.45) is 11.3 Å². The Labute approximate surface area is 307 Å². The number of pyridine rings is 1. The third-order valence-electron chi connectivity index (χ3n) is 9.89. The van der Waals surface area contributed by atoms with E-state index < -0.39 is 68.1 Å². The average Bonchev–Trinajstić information content (AvgIpc) is 4.03. The Morgan fingerprint density at radius 2 is 1.92 bits per heavy atom. The van der Waals surface area contributed by atoms with Gasteiger partial charge in [0.2, 0.25) is 27.7 Å². The molecule has 2 heterocycles. The lowest BCUT2D eigenvalue weighted by atomic mass is 9.85. The Bertz CT molecular complexity index is 2090. The monoisotopic (exact) mass is 748 g/mol. The quantitative estimate of drug-likeness (QED) is 0.225. The molecule has 2 saturated carbocycles. The first-order valence-corrected chi connectivity index (χ1v) is 18.9. The fourth-order valence-corrected chi connectivity index (χ4v) is 8.44. The lowest BCUT2D eigenvalue weighted by Crippen LogP contribution is -2.59. The third kappa shape index (κ3) is 7.30. The van der Waals surface area contributed by atoms with Crippen molar-refractivity contribution >= 4 is 55.8 Å². The lowest BCUT2D eigenvalue weighted by molar-refractivity contribution is -0.136. The van der Waals surface area contributed by atoms with Crippen LogP contribution in [0.2, 0.25) is 5.02 Å². The van der Waals surface area contributed by atoms with Crippen LogP contribution in [0.25, 0.3) is 10.8 Å². The van der Waals surface area contributed by atoms with Crippen molar-refractivity contribution in [1.82, 2.24) is 19.9 Å². The third-order valence-corrected chi connectivity index (χ3v) is 11.9. The van der Waals surface area contributed by atoms with Gasteiger partial charge in [-0.3, -0.25) is 29.3 Å². The molecule has 0 spiro atoms. The largest absolute Gasteiger partial charge is 0.494 e. The minimum absolute atomic E-state index is 0.0329. The summed E-state index contributed by atoms with van der Waals surface area (Å²) in [5.41, 5.74) is -1.18. The summed E-state index contributed by atoms with van der Waals surface area (Å²) in [4.78, 5) is 48.2. The van der Waals surface area contributed by atoms with Gasteiger partial charge in [-0.05, 0) is 61.1 Å². The molecule has 0 bridgehead atoms. The number of nitrogens with one attached hydrogen (secondary N) is 3. The topological polar surface area (TPSA) is 180 Å². The molecule has 6 rings (SSSR count). The molecule has 2 aliphatic carbocycles. The Morgan fingerprint density at radius 1 is 1.17 bits per heavy atom. The molecular weight excluding hydrogens is 708 g/mol. The number of aromatic nitrogens is 1. The number of benzene rings is 2. The van der Waals surface area contributed by atoms with Crippen LogP contribution < -0.4 is 24.8 Å². The van der Waals surface area contributed by atoms with E-state index in [0.717, 1.165) is 0 Å². The summed E-state index contributed by atoms with van der Waals surface area (Å²) in [6, 6.07) is 11.9. The van der Waals surface area contributed by atoms with Crippen molar-refractivity contribution in [3.63, 3.8) is 0 Å². The zero-order valence-corrected chi connectivity index (χ0v) is 30.9. The lowest BCUT2D eigenvalue weighted by Gasteiger charge is -2.34. The summed E-state index contributed by atoms with van der Waals surface area (Å²) >= 11 is 6.34. The highest BCUT2D eigenvalue weighted by atomic mass is 35.5. The minimum atomic E-state index is -3.92. The van der Waals surface area contributed by atoms with Gasteiger partial charge in [0, 0.05) is 40.4 Å². The summed E-state index contributed by atoms with van der Waals surface area (Å²) in [6.45, 7) is 9.43. The molecule has 5 atom stereocenters. The van der Waals surface area contributed by atoms with Crippen LogP contribution >= 0.6 is 11.6 Å². The normalized spacial score (nSPS) is 23.6. The molecule has 52 heavy (non-hydrogen) atoms. The van der Waals surface area contributed by atoms with Crippen molar-refractivity contribution in [3.05, 3.63) is 71.9 Å². The van der Waals surface area contributed by atoms with Crippen LogP contribution in [0.4, 0.5) is 5.69 Å². The Balaban J connectivity index is 1.32. The van der Waals surface area contributed by atoms with Crippen molar-refractivity contribution in [2.45, 2.75) is 75.4 Å². The van der Waals surface area contributed by atoms with E-state index in [0.29, 0.717) is 45.6 Å². The van der Waals surface area contributed by atoms with E-state index in [1.54, 1.807) is 53.4 Å². The first kappa shape index (κ1) is 37.1. The number of amides is 3. The fourth-order valence-electron chi connectivity index (χ4n) is 6.90. The zero-order valence-electron chi connectivity index (χ0n) is 29.3. The number of imide groups is 1. The van der Waals surface area contributed by atoms with Crippen LogP contribution in [-0.4, -0.2) is 78.7 Å². The Kier molecular flexibility index (Phi) is 9.99. The van der Waals surface area contributed by atoms with Gasteiger partial charge < -0.3 is 14.8 Å². The number of anilines is 1. The Hall–Kier alpha value is -4.71. The molecule has 3 fully saturated rings. The molecule has 13 nitrogen and oxygen atoms in total. The highest BCUT2D eigenvalue weighted by Gasteiger charge is 2.67. The highest BCUT2D eigenvalue weighted by molar-refractivity contribution is 7.91. The number of nitriles is 1. The first-order valence-electron chi connectivity index (χ1n) is 17.0. The van der Waals surface area contributed by atoms with Gasteiger partial charge in [0.15, 0.2) is 0 Å². The van der Waals surface area contributed by atoms with E-state index in [1.165, 1.54) is 13.3 Å². The van der Waals surface area contributed by atoms with Gasteiger partial charge in [-0.15, -0.1) is 6.58 Å². The maximum atomic E-state index is 14.3. The number of rotatable bonds is 12. The van der Waals surface area contributed by atoms with E-state index in [2.05, 4.69) is 33.0 Å². The number of carbonyl (C=O) groups excluding carboxylic acids is 3. The van der Waals surface area contributed by atoms with Crippen LogP contribution in [-0.2, 0) is 24.4 Å². The smallest absolute Gasteiger partial charge is 0.254 e. The van der Waals surface area contributed by atoms with Crippen LogP contribution in [0.15, 0.2) is 61.3 Å². The summed E-state index contributed by atoms with van der Waals surface area (Å²) in [5, 5.41) is 16.2. The van der Waals surface area contributed by atoms with Crippen molar-refractivity contribution < 1.29 is 32.3 Å². The van der Waals surface area contributed by atoms with E-state index in [4.69, 9.17) is 21.1 Å². The number of sulfonamides is 1. The van der Waals surface area contributed by atoms with Crippen LogP contribution in [0.3, 0.4) is 0 Å². The van der Waals surface area contributed by atoms with E-state index in [9.17, 15) is 28.1 Å². The SMILES string of the molecule is C=C[C@@H]1C[C@@]1(C(=O)NS(=O)(=O)C1CC1)N1C[C@H](Oc2ncc(OC)c3ccc(Cl)cc23)C[C@H]1C(=O)NC(=O)[C@H](Nc1cccc(C#N)c1)C(C)(C)C. The van der Waals surface area contributed by atoms with Crippen LogP contribution in [0.1, 0.15) is 52.0 Å². The molecule has 0 unspecified atom stereocenters. The van der Waals surface area contributed by atoms with Crippen LogP contribution in [0, 0.1) is 22.7 Å². The molecule has 0 radical (unpaired) electrons. The first-order chi connectivity index (χ1) is 24.6. The van der Waals surface area contributed by atoms with Gasteiger partial charge in [0.25, 0.3) is 5.91 Å². The number of methoxy groups -OCH3 is 1. The number of likely N-dealkylation sites (tertiary alicyclic amines) is 1. The summed E-state index contributed by atoms with van der Waals surface area (Å²) in [7, 11) is -2.39. The molecule has 1 aliphatic heterocycles. The number of fused-ring (bicyclic) bond motifs is 1. The molecule has 3 amide bonds. The van der Waals surface area contributed by atoms with Gasteiger partial charge in [0.05, 0.1) is 36.2 Å². The van der Waals surface area contributed by atoms with Crippen molar-refractivity contribution in [3.8, 4) is 17.7 Å².